The third-order valence-electron chi connectivity index (χ3n) is 4.67. The summed E-state index contributed by atoms with van der Waals surface area (Å²) in [5.41, 5.74) is 3.48. The number of nitrogens with zero attached hydrogens (tertiary/aromatic N) is 1. The Bertz CT molecular complexity index is 611. The van der Waals surface area contributed by atoms with Crippen LogP contribution in [0.5, 0.6) is 0 Å². The van der Waals surface area contributed by atoms with Crippen molar-refractivity contribution < 1.29 is 4.74 Å². The normalized spacial score (nSPS) is 18.5. The molecule has 2 N–H and O–H groups in total. The fourth-order valence-corrected chi connectivity index (χ4v) is 2.87. The van der Waals surface area contributed by atoms with Gasteiger partial charge in [-0.05, 0) is 45.5 Å². The van der Waals surface area contributed by atoms with Gasteiger partial charge >= 0.3 is 0 Å². The molecule has 0 bridgehead atoms. The van der Waals surface area contributed by atoms with Gasteiger partial charge in [-0.2, -0.15) is 0 Å². The minimum atomic E-state index is -0.00596. The van der Waals surface area contributed by atoms with E-state index in [1.54, 1.807) is 0 Å². The number of nitrogens with one attached hydrogen (secondary N) is 2. The molecule has 19 heavy (non-hydrogen) atoms. The van der Waals surface area contributed by atoms with Gasteiger partial charge in [0.2, 0.25) is 0 Å². The zero-order valence-electron chi connectivity index (χ0n) is 12.0. The molecule has 0 unspecified atom stereocenters. The molecule has 2 heterocycles. The van der Waals surface area contributed by atoms with Crippen LogP contribution in [0.1, 0.15) is 25.2 Å². The van der Waals surface area contributed by atoms with Crippen LogP contribution >= 0.6 is 0 Å². The standard InChI is InChI=1S/C15H21N3O/c1-10-17-12-6-5-11(7-13(12)18-10)15(8-19-9-15)14(2,3)16-4/h5-7,16H,8-9H2,1-4H3,(H,17,18). The molecule has 0 saturated carbocycles. The molecule has 1 aromatic carbocycles. The van der Waals surface area contributed by atoms with Crippen molar-refractivity contribution in [1.82, 2.24) is 15.3 Å². The first kappa shape index (κ1) is 12.6. The molecule has 1 fully saturated rings. The SMILES string of the molecule is CNC(C)(C)C1(c2ccc3nc(C)[nH]c3c2)COC1. The number of hydrogen-bond acceptors (Lipinski definition) is 3. The smallest absolute Gasteiger partial charge is 0.104 e. The van der Waals surface area contributed by atoms with Crippen molar-refractivity contribution in [3.8, 4) is 0 Å². The van der Waals surface area contributed by atoms with E-state index in [-0.39, 0.29) is 11.0 Å². The lowest BCUT2D eigenvalue weighted by Crippen LogP contribution is -2.65. The van der Waals surface area contributed by atoms with Gasteiger partial charge < -0.3 is 15.0 Å². The molecule has 0 amide bonds. The average molecular weight is 259 g/mol. The number of fused-ring (bicyclic) bond motifs is 1. The van der Waals surface area contributed by atoms with E-state index in [2.05, 4.69) is 47.3 Å². The summed E-state index contributed by atoms with van der Waals surface area (Å²) < 4.78 is 5.53. The summed E-state index contributed by atoms with van der Waals surface area (Å²) >= 11 is 0. The van der Waals surface area contributed by atoms with Crippen LogP contribution in [0.3, 0.4) is 0 Å². The monoisotopic (exact) mass is 259 g/mol. The number of likely N-dealkylation sites (N-methyl/N-ethyl adjacent to an activating group) is 1. The molecule has 0 spiro atoms. The largest absolute Gasteiger partial charge is 0.379 e. The number of ether oxygens (including phenoxy) is 1. The fourth-order valence-electron chi connectivity index (χ4n) is 2.87. The van der Waals surface area contributed by atoms with Crippen LogP contribution in [-0.4, -0.2) is 35.8 Å². The van der Waals surface area contributed by atoms with Crippen molar-refractivity contribution in [2.45, 2.75) is 31.7 Å². The highest BCUT2D eigenvalue weighted by atomic mass is 16.5. The second-order valence-corrected chi connectivity index (χ2v) is 6.00. The Labute approximate surface area is 113 Å². The maximum Gasteiger partial charge on any atom is 0.104 e. The fraction of sp³-hybridized carbons (Fsp3) is 0.533. The molecular formula is C15H21N3O. The Morgan fingerprint density at radius 1 is 1.37 bits per heavy atom. The van der Waals surface area contributed by atoms with Gasteiger partial charge in [0, 0.05) is 5.54 Å². The number of hydrogen-bond donors (Lipinski definition) is 2. The van der Waals surface area contributed by atoms with Crippen LogP contribution in [0.25, 0.3) is 11.0 Å². The Kier molecular flexibility index (Phi) is 2.69. The van der Waals surface area contributed by atoms with Crippen LogP contribution in [0.4, 0.5) is 0 Å². The minimum absolute atomic E-state index is 0.00596. The number of imidazole rings is 1. The number of aromatic amines is 1. The molecule has 1 aliphatic heterocycles. The summed E-state index contributed by atoms with van der Waals surface area (Å²) in [6, 6.07) is 6.50. The number of aromatic nitrogens is 2. The molecule has 1 aromatic heterocycles. The number of benzene rings is 1. The molecule has 1 aliphatic rings. The molecule has 102 valence electrons. The van der Waals surface area contributed by atoms with E-state index in [4.69, 9.17) is 4.74 Å². The Balaban J connectivity index is 2.11. The first-order valence-electron chi connectivity index (χ1n) is 6.72. The highest BCUT2D eigenvalue weighted by molar-refractivity contribution is 5.76. The van der Waals surface area contributed by atoms with Crippen molar-refractivity contribution in [3.05, 3.63) is 29.6 Å². The third kappa shape index (κ3) is 1.70. The molecule has 4 heteroatoms. The van der Waals surface area contributed by atoms with Gasteiger partial charge in [-0.3, -0.25) is 0 Å². The van der Waals surface area contributed by atoms with E-state index in [9.17, 15) is 0 Å². The van der Waals surface area contributed by atoms with Gasteiger partial charge in [-0.25, -0.2) is 4.98 Å². The van der Waals surface area contributed by atoms with E-state index >= 15 is 0 Å². The van der Waals surface area contributed by atoms with Gasteiger partial charge in [-0.15, -0.1) is 0 Å². The van der Waals surface area contributed by atoms with Crippen molar-refractivity contribution in [1.29, 1.82) is 0 Å². The number of rotatable bonds is 3. The number of H-pyrrole nitrogens is 1. The first-order valence-corrected chi connectivity index (χ1v) is 6.72. The second kappa shape index (κ2) is 4.05. The summed E-state index contributed by atoms with van der Waals surface area (Å²) in [6.07, 6.45) is 0. The van der Waals surface area contributed by atoms with Gasteiger partial charge in [-0.1, -0.05) is 6.07 Å². The van der Waals surface area contributed by atoms with Gasteiger partial charge in [0.05, 0.1) is 29.7 Å². The zero-order valence-corrected chi connectivity index (χ0v) is 12.0. The molecule has 3 rings (SSSR count). The predicted octanol–water partition coefficient (Wildman–Crippen LogP) is 2.14. The lowest BCUT2D eigenvalue weighted by Gasteiger charge is -2.52. The van der Waals surface area contributed by atoms with Crippen LogP contribution < -0.4 is 5.32 Å². The molecule has 0 atom stereocenters. The molecule has 2 aromatic rings. The van der Waals surface area contributed by atoms with Gasteiger partial charge in [0.1, 0.15) is 5.82 Å². The van der Waals surface area contributed by atoms with E-state index in [0.29, 0.717) is 0 Å². The molecule has 4 nitrogen and oxygen atoms in total. The maximum atomic E-state index is 5.53. The van der Waals surface area contributed by atoms with Crippen LogP contribution in [-0.2, 0) is 10.2 Å². The first-order chi connectivity index (χ1) is 8.98. The van der Waals surface area contributed by atoms with E-state index in [0.717, 1.165) is 30.1 Å². The summed E-state index contributed by atoms with van der Waals surface area (Å²) in [6.45, 7) is 7.98. The second-order valence-electron chi connectivity index (χ2n) is 6.00. The third-order valence-corrected chi connectivity index (χ3v) is 4.67. The Morgan fingerprint density at radius 3 is 2.68 bits per heavy atom. The van der Waals surface area contributed by atoms with Crippen LogP contribution in [0.2, 0.25) is 0 Å². The zero-order chi connectivity index (χ0) is 13.7. The lowest BCUT2D eigenvalue weighted by molar-refractivity contribution is -0.0990. The average Bonchev–Trinajstić information content (AvgIpc) is 2.66. The lowest BCUT2D eigenvalue weighted by atomic mass is 9.65. The van der Waals surface area contributed by atoms with Gasteiger partial charge in [0.25, 0.3) is 0 Å². The molecule has 0 aliphatic carbocycles. The van der Waals surface area contributed by atoms with Crippen molar-refractivity contribution in [2.75, 3.05) is 20.3 Å². The Hall–Kier alpha value is -1.39. The topological polar surface area (TPSA) is 49.9 Å². The molecule has 0 radical (unpaired) electrons. The van der Waals surface area contributed by atoms with E-state index in [1.807, 2.05) is 14.0 Å². The highest BCUT2D eigenvalue weighted by Crippen LogP contribution is 2.42. The Morgan fingerprint density at radius 2 is 2.11 bits per heavy atom. The van der Waals surface area contributed by atoms with Crippen molar-refractivity contribution in [3.63, 3.8) is 0 Å². The molecule has 1 saturated heterocycles. The van der Waals surface area contributed by atoms with Crippen molar-refractivity contribution in [2.24, 2.45) is 0 Å². The summed E-state index contributed by atoms with van der Waals surface area (Å²) in [5, 5.41) is 3.43. The summed E-state index contributed by atoms with van der Waals surface area (Å²) in [5.74, 6) is 0.957. The highest BCUT2D eigenvalue weighted by Gasteiger charge is 2.51. The summed E-state index contributed by atoms with van der Waals surface area (Å²) in [7, 11) is 2.01. The molecular weight excluding hydrogens is 238 g/mol. The summed E-state index contributed by atoms with van der Waals surface area (Å²) in [4.78, 5) is 7.78. The maximum absolute atomic E-state index is 5.53. The van der Waals surface area contributed by atoms with E-state index in [1.165, 1.54) is 5.56 Å². The van der Waals surface area contributed by atoms with Crippen LogP contribution in [0.15, 0.2) is 18.2 Å². The minimum Gasteiger partial charge on any atom is -0.379 e. The van der Waals surface area contributed by atoms with Gasteiger partial charge in [0.15, 0.2) is 0 Å². The quantitative estimate of drug-likeness (QED) is 0.888. The number of aryl methyl sites for hydroxylation is 1. The van der Waals surface area contributed by atoms with Crippen LogP contribution in [0, 0.1) is 6.92 Å². The van der Waals surface area contributed by atoms with Crippen molar-refractivity contribution >= 4 is 11.0 Å². The van der Waals surface area contributed by atoms with E-state index < -0.39 is 0 Å². The predicted molar refractivity (Wildman–Crippen MR) is 76.5 cm³/mol.